The molecule has 0 aliphatic carbocycles. The summed E-state index contributed by atoms with van der Waals surface area (Å²) < 4.78 is 0. The number of hydrogen-bond donors (Lipinski definition) is 1. The molecule has 0 atom stereocenters. The maximum atomic E-state index is 5.43. The second-order valence-corrected chi connectivity index (χ2v) is 3.37. The second-order valence-electron chi connectivity index (χ2n) is 2.17. The molecule has 0 saturated carbocycles. The number of aromatic nitrogens is 1. The molecular weight excluding hydrogens is 144 g/mol. The zero-order valence-corrected chi connectivity index (χ0v) is 6.95. The molecule has 3 heteroatoms. The first-order valence-corrected chi connectivity index (χ1v) is 4.32. The lowest BCUT2D eigenvalue weighted by Crippen LogP contribution is -1.91. The van der Waals surface area contributed by atoms with Crippen LogP contribution < -0.4 is 5.73 Å². The molecule has 1 heterocycles. The lowest BCUT2D eigenvalue weighted by Gasteiger charge is -1.86. The molecule has 0 aliphatic heterocycles. The van der Waals surface area contributed by atoms with Gasteiger partial charge in [0.1, 0.15) is 0 Å². The number of nitrogens with two attached hydrogens (primary N) is 1. The van der Waals surface area contributed by atoms with E-state index in [4.69, 9.17) is 5.73 Å². The van der Waals surface area contributed by atoms with Gasteiger partial charge < -0.3 is 5.73 Å². The zero-order valence-electron chi connectivity index (χ0n) is 6.13. The van der Waals surface area contributed by atoms with Crippen molar-refractivity contribution in [1.29, 1.82) is 0 Å². The molecule has 0 unspecified atom stereocenters. The van der Waals surface area contributed by atoms with Crippen molar-refractivity contribution < 1.29 is 0 Å². The van der Waals surface area contributed by atoms with Gasteiger partial charge >= 0.3 is 0 Å². The molecule has 56 valence electrons. The second kappa shape index (κ2) is 3.68. The van der Waals surface area contributed by atoms with Gasteiger partial charge in [0.25, 0.3) is 0 Å². The van der Waals surface area contributed by atoms with E-state index in [1.807, 2.05) is 6.20 Å². The van der Waals surface area contributed by atoms with Crippen molar-refractivity contribution in [2.45, 2.75) is 26.3 Å². The largest absolute Gasteiger partial charge is 0.326 e. The minimum atomic E-state index is 0.626. The van der Waals surface area contributed by atoms with E-state index in [0.29, 0.717) is 6.54 Å². The Bertz CT molecular complexity index is 195. The maximum absolute atomic E-state index is 5.43. The van der Waals surface area contributed by atoms with Crippen LogP contribution in [0.4, 0.5) is 0 Å². The van der Waals surface area contributed by atoms with Gasteiger partial charge in [-0.05, 0) is 12.8 Å². The summed E-state index contributed by atoms with van der Waals surface area (Å²) in [5, 5.41) is 1.21. The van der Waals surface area contributed by atoms with Crippen LogP contribution in [-0.2, 0) is 13.0 Å². The molecule has 1 rings (SSSR count). The SMILES string of the molecule is CCCc1ncc(CN)s1. The highest BCUT2D eigenvalue weighted by atomic mass is 32.1. The first-order chi connectivity index (χ1) is 4.86. The summed E-state index contributed by atoms with van der Waals surface area (Å²) in [6.07, 6.45) is 4.12. The number of rotatable bonds is 3. The molecule has 0 bridgehead atoms. The Balaban J connectivity index is 2.59. The lowest BCUT2D eigenvalue weighted by atomic mass is 10.4. The Morgan fingerprint density at radius 2 is 2.50 bits per heavy atom. The summed E-state index contributed by atoms with van der Waals surface area (Å²) in [6.45, 7) is 2.78. The van der Waals surface area contributed by atoms with Crippen molar-refractivity contribution in [3.8, 4) is 0 Å². The van der Waals surface area contributed by atoms with E-state index >= 15 is 0 Å². The standard InChI is InChI=1S/C7H12N2S/c1-2-3-7-9-5-6(4-8)10-7/h5H,2-4,8H2,1H3. The van der Waals surface area contributed by atoms with E-state index in [-0.39, 0.29) is 0 Å². The Morgan fingerprint density at radius 1 is 1.70 bits per heavy atom. The molecule has 0 saturated heterocycles. The van der Waals surface area contributed by atoms with E-state index in [1.54, 1.807) is 11.3 Å². The Labute approximate surface area is 65.1 Å². The topological polar surface area (TPSA) is 38.9 Å². The van der Waals surface area contributed by atoms with Gasteiger partial charge in [-0.3, -0.25) is 0 Å². The molecule has 0 aliphatic rings. The fourth-order valence-electron chi connectivity index (χ4n) is 0.772. The number of aryl methyl sites for hydroxylation is 1. The van der Waals surface area contributed by atoms with Crippen LogP contribution in [0.2, 0.25) is 0 Å². The van der Waals surface area contributed by atoms with Gasteiger partial charge in [-0.1, -0.05) is 6.92 Å². The van der Waals surface area contributed by atoms with E-state index in [0.717, 1.165) is 12.8 Å². The molecule has 1 aromatic heterocycles. The van der Waals surface area contributed by atoms with Gasteiger partial charge in [0.2, 0.25) is 0 Å². The smallest absolute Gasteiger partial charge is 0.0928 e. The predicted octanol–water partition coefficient (Wildman–Crippen LogP) is 1.55. The Morgan fingerprint density at radius 3 is 3.00 bits per heavy atom. The van der Waals surface area contributed by atoms with Crippen molar-refractivity contribution in [3.05, 3.63) is 16.1 Å². The number of thiazole rings is 1. The highest BCUT2D eigenvalue weighted by Crippen LogP contribution is 2.13. The average molecular weight is 156 g/mol. The van der Waals surface area contributed by atoms with Gasteiger partial charge in [0.15, 0.2) is 0 Å². The first kappa shape index (κ1) is 7.69. The van der Waals surface area contributed by atoms with Crippen molar-refractivity contribution in [1.82, 2.24) is 4.98 Å². The number of hydrogen-bond acceptors (Lipinski definition) is 3. The van der Waals surface area contributed by atoms with E-state index in [9.17, 15) is 0 Å². The van der Waals surface area contributed by atoms with Crippen molar-refractivity contribution in [3.63, 3.8) is 0 Å². The molecule has 0 amide bonds. The fourth-order valence-corrected chi connectivity index (χ4v) is 1.67. The highest BCUT2D eigenvalue weighted by molar-refractivity contribution is 7.11. The summed E-state index contributed by atoms with van der Waals surface area (Å²) in [5.74, 6) is 0. The minimum Gasteiger partial charge on any atom is -0.326 e. The predicted molar refractivity (Wildman–Crippen MR) is 44.0 cm³/mol. The Kier molecular flexibility index (Phi) is 2.83. The normalized spacial score (nSPS) is 10.2. The van der Waals surface area contributed by atoms with E-state index in [2.05, 4.69) is 11.9 Å². The summed E-state index contributed by atoms with van der Waals surface area (Å²) in [6, 6.07) is 0. The van der Waals surface area contributed by atoms with Gasteiger partial charge in [-0.25, -0.2) is 4.98 Å². The molecular formula is C7H12N2S. The van der Waals surface area contributed by atoms with Gasteiger partial charge in [-0.2, -0.15) is 0 Å². The monoisotopic (exact) mass is 156 g/mol. The molecule has 10 heavy (non-hydrogen) atoms. The first-order valence-electron chi connectivity index (χ1n) is 3.50. The summed E-state index contributed by atoms with van der Waals surface area (Å²) in [7, 11) is 0. The fraction of sp³-hybridized carbons (Fsp3) is 0.571. The van der Waals surface area contributed by atoms with Crippen LogP contribution in [0, 0.1) is 0 Å². The Hall–Kier alpha value is -0.410. The third-order valence-electron chi connectivity index (χ3n) is 1.27. The molecule has 0 aromatic carbocycles. The van der Waals surface area contributed by atoms with Crippen LogP contribution in [0.1, 0.15) is 23.2 Å². The van der Waals surface area contributed by atoms with Gasteiger partial charge in [0.05, 0.1) is 5.01 Å². The minimum absolute atomic E-state index is 0.626. The third-order valence-corrected chi connectivity index (χ3v) is 2.35. The maximum Gasteiger partial charge on any atom is 0.0928 e. The highest BCUT2D eigenvalue weighted by Gasteiger charge is 1.97. The zero-order chi connectivity index (χ0) is 7.40. The van der Waals surface area contributed by atoms with Crippen LogP contribution in [0.25, 0.3) is 0 Å². The summed E-state index contributed by atoms with van der Waals surface area (Å²) >= 11 is 1.72. The molecule has 2 N–H and O–H groups in total. The van der Waals surface area contributed by atoms with Crippen molar-refractivity contribution in [2.75, 3.05) is 0 Å². The lowest BCUT2D eigenvalue weighted by molar-refractivity contribution is 0.908. The number of nitrogens with zero attached hydrogens (tertiary/aromatic N) is 1. The van der Waals surface area contributed by atoms with Gasteiger partial charge in [-0.15, -0.1) is 11.3 Å². The third kappa shape index (κ3) is 1.78. The summed E-state index contributed by atoms with van der Waals surface area (Å²) in [4.78, 5) is 5.40. The van der Waals surface area contributed by atoms with E-state index in [1.165, 1.54) is 9.88 Å². The van der Waals surface area contributed by atoms with Crippen LogP contribution in [-0.4, -0.2) is 4.98 Å². The van der Waals surface area contributed by atoms with Crippen LogP contribution >= 0.6 is 11.3 Å². The van der Waals surface area contributed by atoms with Crippen LogP contribution in [0.3, 0.4) is 0 Å². The summed E-state index contributed by atoms with van der Waals surface area (Å²) in [5.41, 5.74) is 5.43. The van der Waals surface area contributed by atoms with Crippen LogP contribution in [0.5, 0.6) is 0 Å². The van der Waals surface area contributed by atoms with Gasteiger partial charge in [0, 0.05) is 17.6 Å². The molecule has 0 spiro atoms. The molecule has 0 fully saturated rings. The quantitative estimate of drug-likeness (QED) is 0.721. The van der Waals surface area contributed by atoms with Crippen molar-refractivity contribution in [2.24, 2.45) is 5.73 Å². The van der Waals surface area contributed by atoms with Crippen LogP contribution in [0.15, 0.2) is 6.20 Å². The van der Waals surface area contributed by atoms with Crippen molar-refractivity contribution >= 4 is 11.3 Å². The molecule has 0 radical (unpaired) electrons. The average Bonchev–Trinajstić information content (AvgIpc) is 2.37. The molecule has 1 aromatic rings. The van der Waals surface area contributed by atoms with E-state index < -0.39 is 0 Å². The molecule has 2 nitrogen and oxygen atoms in total.